The Bertz CT molecular complexity index is 955. The lowest BCUT2D eigenvalue weighted by molar-refractivity contribution is -0.245. The third-order valence-corrected chi connectivity index (χ3v) is 10.4. The highest BCUT2D eigenvalue weighted by molar-refractivity contribution is 6.04. The summed E-state index contributed by atoms with van der Waals surface area (Å²) < 4.78 is 5.55. The molecule has 306 valence electrons. The third-order valence-electron chi connectivity index (χ3n) is 10.4. The highest BCUT2D eigenvalue weighted by atomic mass is 16.6. The Kier molecular flexibility index (Phi) is 29.6. The number of hydrogen-bond donors (Lipinski definition) is 5. The van der Waals surface area contributed by atoms with Gasteiger partial charge >= 0.3 is 5.97 Å². The minimum absolute atomic E-state index is 0.133. The molecule has 10 nitrogen and oxygen atoms in total. The van der Waals surface area contributed by atoms with Crippen molar-refractivity contribution < 1.29 is 49.4 Å². The Labute approximate surface area is 315 Å². The fourth-order valence-corrected chi connectivity index (χ4v) is 6.91. The summed E-state index contributed by atoms with van der Waals surface area (Å²) in [6, 6.07) is 0. The summed E-state index contributed by atoms with van der Waals surface area (Å²) in [5, 5.41) is 57.8. The normalized spacial score (nSPS) is 15.7. The fourth-order valence-electron chi connectivity index (χ4n) is 6.91. The van der Waals surface area contributed by atoms with Crippen molar-refractivity contribution in [3.63, 3.8) is 0 Å². The van der Waals surface area contributed by atoms with Crippen molar-refractivity contribution in [3.05, 3.63) is 0 Å². The summed E-state index contributed by atoms with van der Waals surface area (Å²) in [6.45, 7) is 7.24. The molecule has 5 atom stereocenters. The Morgan fingerprint density at radius 3 is 1.19 bits per heavy atom. The van der Waals surface area contributed by atoms with Crippen LogP contribution in [0.25, 0.3) is 0 Å². The van der Waals surface area contributed by atoms with Crippen molar-refractivity contribution in [3.8, 4) is 0 Å². The lowest BCUT2D eigenvalue weighted by atomic mass is 9.66. The van der Waals surface area contributed by atoms with Gasteiger partial charge in [-0.05, 0) is 25.7 Å². The van der Waals surface area contributed by atoms with Gasteiger partial charge < -0.3 is 30.3 Å². The second-order valence-electron chi connectivity index (χ2n) is 15.0. The zero-order valence-electron chi connectivity index (χ0n) is 33.5. The van der Waals surface area contributed by atoms with E-state index in [0.29, 0.717) is 32.1 Å². The summed E-state index contributed by atoms with van der Waals surface area (Å²) in [5.74, 6) is -4.13. The van der Waals surface area contributed by atoms with Crippen molar-refractivity contribution >= 4 is 23.3 Å². The second kappa shape index (κ2) is 30.6. The van der Waals surface area contributed by atoms with Crippen LogP contribution in [0.1, 0.15) is 207 Å². The van der Waals surface area contributed by atoms with Crippen molar-refractivity contribution in [2.24, 2.45) is 0 Å². The molecular weight excluding hydrogens is 664 g/mol. The van der Waals surface area contributed by atoms with Crippen molar-refractivity contribution in [2.45, 2.75) is 237 Å². The molecule has 5 N–H and O–H groups in total. The lowest BCUT2D eigenvalue weighted by Crippen LogP contribution is -2.77. The van der Waals surface area contributed by atoms with Crippen LogP contribution in [0.15, 0.2) is 0 Å². The van der Waals surface area contributed by atoms with Crippen molar-refractivity contribution in [2.75, 3.05) is 6.61 Å². The number of rotatable bonds is 37. The molecule has 1 unspecified atom stereocenters. The van der Waals surface area contributed by atoms with Gasteiger partial charge in [-0.2, -0.15) is 0 Å². The smallest absolute Gasteiger partial charge is 0.306 e. The first-order valence-corrected chi connectivity index (χ1v) is 21.1. The maximum Gasteiger partial charge on any atom is 0.306 e. The van der Waals surface area contributed by atoms with E-state index in [0.717, 1.165) is 109 Å². The van der Waals surface area contributed by atoms with Crippen molar-refractivity contribution in [1.82, 2.24) is 0 Å². The zero-order valence-corrected chi connectivity index (χ0v) is 33.5. The van der Waals surface area contributed by atoms with Gasteiger partial charge in [0, 0.05) is 25.7 Å². The van der Waals surface area contributed by atoms with Gasteiger partial charge in [0.1, 0.15) is 6.10 Å². The first-order chi connectivity index (χ1) is 24.9. The topological polar surface area (TPSA) is 179 Å². The highest BCUT2D eigenvalue weighted by Gasteiger charge is 2.69. The Morgan fingerprint density at radius 2 is 0.808 bits per heavy atom. The number of hydrogen-bond acceptors (Lipinski definition) is 10. The molecule has 0 heterocycles. The second-order valence-corrected chi connectivity index (χ2v) is 15.0. The van der Waals surface area contributed by atoms with E-state index in [1.54, 1.807) is 0 Å². The first kappa shape index (κ1) is 50.3. The molecule has 0 aromatic heterocycles. The van der Waals surface area contributed by atoms with E-state index >= 15 is 0 Å². The monoisotopic (exact) mass is 743 g/mol. The minimum atomic E-state index is -3.45. The number of aliphatic hydroxyl groups excluding tert-OH is 3. The molecule has 0 aliphatic heterocycles. The fraction of sp³-hybridized carbons (Fsp3) is 0.905. The lowest BCUT2D eigenvalue weighted by Gasteiger charge is -2.47. The molecule has 0 spiro atoms. The molecule has 0 fully saturated rings. The van der Waals surface area contributed by atoms with Crippen LogP contribution in [0.5, 0.6) is 0 Å². The van der Waals surface area contributed by atoms with Gasteiger partial charge in [0.15, 0.2) is 35.2 Å². The Morgan fingerprint density at radius 1 is 0.481 bits per heavy atom. The number of esters is 1. The summed E-state index contributed by atoms with van der Waals surface area (Å²) in [5.41, 5.74) is -6.87. The molecule has 0 saturated carbocycles. The van der Waals surface area contributed by atoms with E-state index in [9.17, 15) is 44.7 Å². The van der Waals surface area contributed by atoms with Gasteiger partial charge in [-0.3, -0.25) is 19.2 Å². The van der Waals surface area contributed by atoms with Gasteiger partial charge in [-0.1, -0.05) is 156 Å². The van der Waals surface area contributed by atoms with E-state index in [-0.39, 0.29) is 38.5 Å². The van der Waals surface area contributed by atoms with Crippen LogP contribution in [-0.4, -0.2) is 85.0 Å². The molecular formula is C42H78O10. The summed E-state index contributed by atoms with van der Waals surface area (Å²) in [6.07, 6.45) is 11.3. The molecule has 52 heavy (non-hydrogen) atoms. The van der Waals surface area contributed by atoms with Crippen LogP contribution in [0.2, 0.25) is 0 Å². The third kappa shape index (κ3) is 18.1. The predicted molar refractivity (Wildman–Crippen MR) is 206 cm³/mol. The maximum atomic E-state index is 14.3. The van der Waals surface area contributed by atoms with Crippen LogP contribution in [-0.2, 0) is 23.9 Å². The number of carbonyl (C=O) groups is 4. The number of ketones is 3. The number of carbonyl (C=O) groups excluding carboxylic acids is 4. The van der Waals surface area contributed by atoms with Gasteiger partial charge in [-0.15, -0.1) is 0 Å². The minimum Gasteiger partial charge on any atom is -0.456 e. The van der Waals surface area contributed by atoms with Gasteiger partial charge in [0.05, 0.1) is 6.61 Å². The van der Waals surface area contributed by atoms with Gasteiger partial charge in [0.25, 0.3) is 0 Å². The van der Waals surface area contributed by atoms with E-state index in [4.69, 9.17) is 4.74 Å². The van der Waals surface area contributed by atoms with E-state index in [1.165, 1.54) is 0 Å². The quantitative estimate of drug-likeness (QED) is 0.0312. The van der Waals surface area contributed by atoms with E-state index < -0.39 is 59.4 Å². The molecule has 0 aliphatic carbocycles. The van der Waals surface area contributed by atoms with Crippen LogP contribution < -0.4 is 0 Å². The average Bonchev–Trinajstić information content (AvgIpc) is 3.14. The largest absolute Gasteiger partial charge is 0.456 e. The summed E-state index contributed by atoms with van der Waals surface area (Å²) >= 11 is 0. The SMILES string of the molecule is CCCCCCCCC(=O)O[C@H]([C@H](O)CO)[C@@](O)(C(=O)CCCCCCCC)[C@](O)(C(=O)CCCCCCCC)C(O)C(=O)CCCCCCCC. The number of Topliss-reactive ketones (excluding diaryl/α,β-unsaturated/α-hetero) is 3. The summed E-state index contributed by atoms with van der Waals surface area (Å²) in [4.78, 5) is 55.3. The van der Waals surface area contributed by atoms with Crippen LogP contribution in [0.4, 0.5) is 0 Å². The molecule has 0 amide bonds. The van der Waals surface area contributed by atoms with Gasteiger partial charge in [-0.25, -0.2) is 0 Å². The van der Waals surface area contributed by atoms with Crippen LogP contribution >= 0.6 is 0 Å². The number of unbranched alkanes of at least 4 members (excludes halogenated alkanes) is 20. The number of ether oxygens (including phenoxy) is 1. The molecule has 10 heteroatoms. The standard InChI is InChI=1S/C42H78O10/c1-5-9-13-17-21-25-29-34(44)39(49)41(50,36(46)30-26-22-18-14-10-6-2)42(51,37(47)31-27-23-19-15-11-7-3)40(35(45)33-43)52-38(48)32-28-24-20-16-12-8-4/h35,39-40,43,45,49-51H,5-33H2,1-4H3/t35-,39?,40-,41+,42+/m1/s1. The van der Waals surface area contributed by atoms with Gasteiger partial charge in [0.2, 0.25) is 5.60 Å². The van der Waals surface area contributed by atoms with Crippen LogP contribution in [0.3, 0.4) is 0 Å². The zero-order chi connectivity index (χ0) is 39.3. The van der Waals surface area contributed by atoms with E-state index in [2.05, 4.69) is 27.7 Å². The molecule has 0 aromatic carbocycles. The molecule has 0 bridgehead atoms. The van der Waals surface area contributed by atoms with Crippen LogP contribution in [0, 0.1) is 0 Å². The first-order valence-electron chi connectivity index (χ1n) is 21.1. The summed E-state index contributed by atoms with van der Waals surface area (Å²) in [7, 11) is 0. The predicted octanol–water partition coefficient (Wildman–Crippen LogP) is 7.78. The molecule has 0 rings (SSSR count). The Hall–Kier alpha value is -1.72. The number of aliphatic hydroxyl groups is 5. The molecule has 0 aliphatic rings. The molecule has 0 radical (unpaired) electrons. The highest BCUT2D eigenvalue weighted by Crippen LogP contribution is 2.39. The van der Waals surface area contributed by atoms with E-state index in [1.807, 2.05) is 0 Å². The molecule has 0 aromatic rings. The Balaban J connectivity index is 6.77. The van der Waals surface area contributed by atoms with Crippen molar-refractivity contribution in [1.29, 1.82) is 0 Å². The average molecular weight is 743 g/mol. The maximum absolute atomic E-state index is 14.3. The molecule has 0 saturated heterocycles.